The molecule has 4 saturated carbocycles. The molecular weight excluding hydrogens is 222 g/mol. The first-order chi connectivity index (χ1) is 8.81. The highest BCUT2D eigenvalue weighted by Crippen LogP contribution is 2.57. The molecule has 1 heterocycles. The zero-order valence-electron chi connectivity index (χ0n) is 11.2. The van der Waals surface area contributed by atoms with Gasteiger partial charge in [0.25, 0.3) is 0 Å². The van der Waals surface area contributed by atoms with Crippen LogP contribution in [0.4, 0.5) is 0 Å². The molecule has 100 valence electrons. The van der Waals surface area contributed by atoms with Crippen molar-refractivity contribution >= 4 is 0 Å². The fourth-order valence-corrected chi connectivity index (χ4v) is 5.55. The van der Waals surface area contributed by atoms with Gasteiger partial charge in [-0.2, -0.15) is 0 Å². The van der Waals surface area contributed by atoms with Crippen LogP contribution in [-0.2, 0) is 4.74 Å². The van der Waals surface area contributed by atoms with Crippen LogP contribution in [0.15, 0.2) is 11.8 Å². The summed E-state index contributed by atoms with van der Waals surface area (Å²) in [6, 6.07) is 0.195. The molecule has 5 rings (SSSR count). The fourth-order valence-electron chi connectivity index (χ4n) is 5.55. The first-order valence-corrected chi connectivity index (χ1v) is 7.89. The maximum absolute atomic E-state index is 6.58. The molecular formula is C16H25NO. The summed E-state index contributed by atoms with van der Waals surface area (Å²) in [7, 11) is 0. The molecule has 2 N–H and O–H groups in total. The number of rotatable bonds is 2. The Kier molecular flexibility index (Phi) is 2.68. The minimum absolute atomic E-state index is 0.195. The highest BCUT2D eigenvalue weighted by Gasteiger charge is 2.50. The Morgan fingerprint density at radius 2 is 1.72 bits per heavy atom. The molecule has 4 aliphatic carbocycles. The zero-order chi connectivity index (χ0) is 12.1. The molecule has 1 unspecified atom stereocenters. The van der Waals surface area contributed by atoms with E-state index in [-0.39, 0.29) is 6.04 Å². The number of hydrogen-bond donors (Lipinski definition) is 1. The summed E-state index contributed by atoms with van der Waals surface area (Å²) in [6.07, 6.45) is 11.9. The van der Waals surface area contributed by atoms with Crippen molar-refractivity contribution in [2.45, 2.75) is 51.0 Å². The second-order valence-corrected chi connectivity index (χ2v) is 7.13. The summed E-state index contributed by atoms with van der Waals surface area (Å²) in [6.45, 7) is 0.882. The largest absolute Gasteiger partial charge is 0.497 e. The molecule has 0 amide bonds. The van der Waals surface area contributed by atoms with Crippen molar-refractivity contribution in [3.63, 3.8) is 0 Å². The number of ether oxygens (including phenoxy) is 1. The van der Waals surface area contributed by atoms with Gasteiger partial charge in [-0.15, -0.1) is 0 Å². The van der Waals surface area contributed by atoms with E-state index in [1.165, 1.54) is 32.1 Å². The van der Waals surface area contributed by atoms with Gasteiger partial charge >= 0.3 is 0 Å². The highest BCUT2D eigenvalue weighted by molar-refractivity contribution is 5.12. The van der Waals surface area contributed by atoms with Crippen LogP contribution in [0.5, 0.6) is 0 Å². The maximum Gasteiger partial charge on any atom is 0.109 e. The molecule has 2 heteroatoms. The molecule has 18 heavy (non-hydrogen) atoms. The number of hydrogen-bond acceptors (Lipinski definition) is 2. The van der Waals surface area contributed by atoms with Gasteiger partial charge in [0.2, 0.25) is 0 Å². The lowest BCUT2D eigenvalue weighted by Gasteiger charge is -2.56. The number of nitrogens with two attached hydrogens (primary N) is 1. The molecule has 0 aromatic heterocycles. The Bertz CT molecular complexity index is 334. The molecule has 0 radical (unpaired) electrons. The predicted octanol–water partition coefficient (Wildman–Crippen LogP) is 3.08. The van der Waals surface area contributed by atoms with E-state index < -0.39 is 0 Å². The lowest BCUT2D eigenvalue weighted by atomic mass is 9.50. The van der Waals surface area contributed by atoms with E-state index in [1.54, 1.807) is 0 Å². The van der Waals surface area contributed by atoms with Crippen LogP contribution in [0.3, 0.4) is 0 Å². The van der Waals surface area contributed by atoms with Gasteiger partial charge in [-0.3, -0.25) is 0 Å². The summed E-state index contributed by atoms with van der Waals surface area (Å²) >= 11 is 0. The lowest BCUT2D eigenvalue weighted by Crippen LogP contribution is -2.52. The smallest absolute Gasteiger partial charge is 0.109 e. The SMILES string of the molecule is NC(C1=CCCCO1)C1C2CC3CC(C2)CC1C3. The Hall–Kier alpha value is -0.500. The lowest BCUT2D eigenvalue weighted by molar-refractivity contribution is -0.0492. The second-order valence-electron chi connectivity index (χ2n) is 7.13. The number of allylic oxidation sites excluding steroid dienone is 1. The predicted molar refractivity (Wildman–Crippen MR) is 71.8 cm³/mol. The van der Waals surface area contributed by atoms with E-state index in [0.717, 1.165) is 54.8 Å². The van der Waals surface area contributed by atoms with Gasteiger partial charge in [0.05, 0.1) is 12.6 Å². The van der Waals surface area contributed by atoms with Crippen LogP contribution in [0, 0.1) is 29.6 Å². The van der Waals surface area contributed by atoms with Gasteiger partial charge in [-0.1, -0.05) is 0 Å². The third-order valence-electron chi connectivity index (χ3n) is 6.01. The van der Waals surface area contributed by atoms with E-state index >= 15 is 0 Å². The summed E-state index contributed by atoms with van der Waals surface area (Å²) in [4.78, 5) is 0. The van der Waals surface area contributed by atoms with E-state index in [9.17, 15) is 0 Å². The van der Waals surface area contributed by atoms with Crippen molar-refractivity contribution in [1.29, 1.82) is 0 Å². The molecule has 1 atom stereocenters. The minimum atomic E-state index is 0.195. The highest BCUT2D eigenvalue weighted by atomic mass is 16.5. The van der Waals surface area contributed by atoms with E-state index in [2.05, 4.69) is 6.08 Å². The zero-order valence-corrected chi connectivity index (χ0v) is 11.2. The van der Waals surface area contributed by atoms with Crippen molar-refractivity contribution in [1.82, 2.24) is 0 Å². The van der Waals surface area contributed by atoms with Crippen LogP contribution < -0.4 is 5.73 Å². The topological polar surface area (TPSA) is 35.2 Å². The van der Waals surface area contributed by atoms with Crippen molar-refractivity contribution in [3.8, 4) is 0 Å². The third kappa shape index (κ3) is 1.72. The van der Waals surface area contributed by atoms with Crippen LogP contribution in [-0.4, -0.2) is 12.6 Å². The van der Waals surface area contributed by atoms with E-state index in [0.29, 0.717) is 0 Å². The monoisotopic (exact) mass is 247 g/mol. The van der Waals surface area contributed by atoms with Crippen LogP contribution >= 0.6 is 0 Å². The summed E-state index contributed by atoms with van der Waals surface area (Å²) in [5.41, 5.74) is 6.58. The minimum Gasteiger partial charge on any atom is -0.497 e. The molecule has 0 aromatic rings. The molecule has 0 aromatic carbocycles. The normalized spacial score (nSPS) is 47.6. The van der Waals surface area contributed by atoms with Crippen molar-refractivity contribution < 1.29 is 4.74 Å². The molecule has 4 fully saturated rings. The van der Waals surface area contributed by atoms with Gasteiger partial charge in [0.15, 0.2) is 0 Å². The van der Waals surface area contributed by atoms with E-state index in [4.69, 9.17) is 10.5 Å². The average Bonchev–Trinajstić information content (AvgIpc) is 2.38. The molecule has 1 aliphatic heterocycles. The Labute approximate surface area is 110 Å². The third-order valence-corrected chi connectivity index (χ3v) is 6.01. The Balaban J connectivity index is 1.55. The first-order valence-electron chi connectivity index (χ1n) is 7.89. The van der Waals surface area contributed by atoms with Gasteiger partial charge in [0.1, 0.15) is 5.76 Å². The maximum atomic E-state index is 6.58. The van der Waals surface area contributed by atoms with Crippen molar-refractivity contribution in [2.75, 3.05) is 6.61 Å². The molecule has 5 aliphatic rings. The summed E-state index contributed by atoms with van der Waals surface area (Å²) in [5.74, 6) is 5.74. The van der Waals surface area contributed by atoms with Gasteiger partial charge in [-0.05, 0) is 80.6 Å². The van der Waals surface area contributed by atoms with Gasteiger partial charge in [-0.25, -0.2) is 0 Å². The van der Waals surface area contributed by atoms with Crippen molar-refractivity contribution in [2.24, 2.45) is 35.3 Å². The second kappa shape index (κ2) is 4.26. The molecule has 0 spiro atoms. The molecule has 2 nitrogen and oxygen atoms in total. The summed E-state index contributed by atoms with van der Waals surface area (Å²) in [5, 5.41) is 0. The Morgan fingerprint density at radius 1 is 1.06 bits per heavy atom. The average molecular weight is 247 g/mol. The first kappa shape index (κ1) is 11.3. The van der Waals surface area contributed by atoms with Crippen LogP contribution in [0.25, 0.3) is 0 Å². The van der Waals surface area contributed by atoms with Gasteiger partial charge < -0.3 is 10.5 Å². The van der Waals surface area contributed by atoms with Gasteiger partial charge in [0, 0.05) is 0 Å². The Morgan fingerprint density at radius 3 is 2.28 bits per heavy atom. The van der Waals surface area contributed by atoms with Crippen LogP contribution in [0.2, 0.25) is 0 Å². The quantitative estimate of drug-likeness (QED) is 0.814. The fraction of sp³-hybridized carbons (Fsp3) is 0.875. The van der Waals surface area contributed by atoms with Crippen LogP contribution in [0.1, 0.15) is 44.9 Å². The van der Waals surface area contributed by atoms with Crippen molar-refractivity contribution in [3.05, 3.63) is 11.8 Å². The summed E-state index contributed by atoms with van der Waals surface area (Å²) < 4.78 is 5.83. The standard InChI is InChI=1S/C16H25NO/c17-16(14-3-1-2-4-18-14)15-12-6-10-5-11(8-12)9-13(15)7-10/h3,10-13,15-16H,1-2,4-9,17H2. The van der Waals surface area contributed by atoms with E-state index in [1.807, 2.05) is 0 Å². The molecule has 4 bridgehead atoms. The molecule has 0 saturated heterocycles.